The maximum atomic E-state index is 13.3. The molecular weight excluding hydrogens is 242 g/mol. The number of benzene rings is 1. The van der Waals surface area contributed by atoms with E-state index in [9.17, 15) is 18.4 Å². The first-order valence-electron chi connectivity index (χ1n) is 5.43. The zero-order valence-electron chi connectivity index (χ0n) is 10.2. The normalized spacial score (nSPS) is 10.0. The second-order valence-electron chi connectivity index (χ2n) is 3.71. The maximum absolute atomic E-state index is 13.3. The fraction of sp³-hybridized carbons (Fsp3) is 0.333. The average Bonchev–Trinajstić information content (AvgIpc) is 2.34. The highest BCUT2D eigenvalue weighted by Gasteiger charge is 2.14. The molecule has 0 aromatic heterocycles. The predicted molar refractivity (Wildman–Crippen MR) is 62.0 cm³/mol. The van der Waals surface area contributed by atoms with Gasteiger partial charge in [0.25, 0.3) is 5.91 Å². The van der Waals surface area contributed by atoms with Crippen molar-refractivity contribution in [3.63, 3.8) is 0 Å². The molecule has 0 fully saturated rings. The summed E-state index contributed by atoms with van der Waals surface area (Å²) in [7, 11) is 1.59. The average molecular weight is 256 g/mol. The van der Waals surface area contributed by atoms with Crippen molar-refractivity contribution in [3.8, 4) is 0 Å². The van der Waals surface area contributed by atoms with Crippen molar-refractivity contribution in [1.29, 1.82) is 0 Å². The first-order valence-corrected chi connectivity index (χ1v) is 5.43. The standard InChI is InChI=1S/C12H14F2N2O2/c1-3-16(2)11(17)7-15-12(18)9-5-4-8(13)6-10(9)14/h4-6H,3,7H2,1-2H3,(H,15,18). The van der Waals surface area contributed by atoms with Crippen molar-refractivity contribution < 1.29 is 18.4 Å². The van der Waals surface area contributed by atoms with Crippen molar-refractivity contribution in [3.05, 3.63) is 35.4 Å². The monoisotopic (exact) mass is 256 g/mol. The van der Waals surface area contributed by atoms with Crippen LogP contribution in [0.5, 0.6) is 0 Å². The molecule has 1 rings (SSSR count). The topological polar surface area (TPSA) is 49.4 Å². The van der Waals surface area contributed by atoms with Crippen molar-refractivity contribution in [2.24, 2.45) is 0 Å². The third kappa shape index (κ3) is 3.51. The summed E-state index contributed by atoms with van der Waals surface area (Å²) in [6.45, 7) is 2.08. The van der Waals surface area contributed by atoms with E-state index in [0.29, 0.717) is 12.6 Å². The fourth-order valence-corrected chi connectivity index (χ4v) is 1.24. The molecule has 0 aliphatic carbocycles. The van der Waals surface area contributed by atoms with Crippen LogP contribution in [-0.2, 0) is 4.79 Å². The second-order valence-corrected chi connectivity index (χ2v) is 3.71. The zero-order valence-corrected chi connectivity index (χ0v) is 10.2. The summed E-state index contributed by atoms with van der Waals surface area (Å²) < 4.78 is 25.9. The summed E-state index contributed by atoms with van der Waals surface area (Å²) in [5.41, 5.74) is -0.289. The van der Waals surface area contributed by atoms with Crippen LogP contribution in [0.25, 0.3) is 0 Å². The lowest BCUT2D eigenvalue weighted by molar-refractivity contribution is -0.128. The van der Waals surface area contributed by atoms with Gasteiger partial charge in [0.05, 0.1) is 12.1 Å². The third-order valence-electron chi connectivity index (χ3n) is 2.48. The number of rotatable bonds is 4. The van der Waals surface area contributed by atoms with Crippen LogP contribution in [-0.4, -0.2) is 36.9 Å². The number of hydrogen-bond donors (Lipinski definition) is 1. The second kappa shape index (κ2) is 6.09. The smallest absolute Gasteiger partial charge is 0.254 e. The first-order chi connectivity index (χ1) is 8.45. The van der Waals surface area contributed by atoms with E-state index in [1.165, 1.54) is 4.90 Å². The third-order valence-corrected chi connectivity index (χ3v) is 2.48. The van der Waals surface area contributed by atoms with E-state index in [4.69, 9.17) is 0 Å². The number of nitrogens with zero attached hydrogens (tertiary/aromatic N) is 1. The molecule has 0 radical (unpaired) electrons. The van der Waals surface area contributed by atoms with E-state index >= 15 is 0 Å². The van der Waals surface area contributed by atoms with Gasteiger partial charge in [-0.1, -0.05) is 0 Å². The Kier molecular flexibility index (Phi) is 4.76. The minimum atomic E-state index is -0.955. The SMILES string of the molecule is CCN(C)C(=O)CNC(=O)c1ccc(F)cc1F. The summed E-state index contributed by atoms with van der Waals surface area (Å²) in [5.74, 6) is -2.74. The van der Waals surface area contributed by atoms with Crippen LogP contribution in [0, 0.1) is 11.6 Å². The quantitative estimate of drug-likeness (QED) is 0.879. The van der Waals surface area contributed by atoms with E-state index in [0.717, 1.165) is 12.1 Å². The minimum absolute atomic E-state index is 0.222. The highest BCUT2D eigenvalue weighted by molar-refractivity contribution is 5.96. The molecule has 0 unspecified atom stereocenters. The summed E-state index contributed by atoms with van der Waals surface area (Å²) in [6.07, 6.45) is 0. The number of hydrogen-bond acceptors (Lipinski definition) is 2. The van der Waals surface area contributed by atoms with Crippen LogP contribution >= 0.6 is 0 Å². The molecule has 0 bridgehead atoms. The Balaban J connectivity index is 2.63. The van der Waals surface area contributed by atoms with E-state index in [1.807, 2.05) is 0 Å². The van der Waals surface area contributed by atoms with Crippen LogP contribution in [0.2, 0.25) is 0 Å². The number of nitrogens with one attached hydrogen (secondary N) is 1. The maximum Gasteiger partial charge on any atom is 0.254 e. The van der Waals surface area contributed by atoms with E-state index in [1.54, 1.807) is 14.0 Å². The molecule has 6 heteroatoms. The molecule has 1 N–H and O–H groups in total. The van der Waals surface area contributed by atoms with Gasteiger partial charge in [-0.2, -0.15) is 0 Å². The lowest BCUT2D eigenvalue weighted by atomic mass is 10.2. The molecule has 18 heavy (non-hydrogen) atoms. The van der Waals surface area contributed by atoms with Crippen LogP contribution < -0.4 is 5.32 Å². The van der Waals surface area contributed by atoms with Gasteiger partial charge in [0.15, 0.2) is 0 Å². The molecule has 0 atom stereocenters. The van der Waals surface area contributed by atoms with Crippen LogP contribution in [0.1, 0.15) is 17.3 Å². The number of carbonyl (C=O) groups is 2. The lowest BCUT2D eigenvalue weighted by Crippen LogP contribution is -2.38. The molecule has 1 aromatic rings. The van der Waals surface area contributed by atoms with Gasteiger partial charge in [-0.25, -0.2) is 8.78 Å². The van der Waals surface area contributed by atoms with E-state index in [2.05, 4.69) is 5.32 Å². The van der Waals surface area contributed by atoms with Gasteiger partial charge in [-0.05, 0) is 19.1 Å². The van der Waals surface area contributed by atoms with E-state index < -0.39 is 17.5 Å². The Bertz CT molecular complexity index is 463. The molecule has 0 saturated carbocycles. The summed E-state index contributed by atoms with van der Waals surface area (Å²) in [4.78, 5) is 24.4. The Hall–Kier alpha value is -1.98. The lowest BCUT2D eigenvalue weighted by Gasteiger charge is -2.14. The number of halogens is 2. The molecule has 0 saturated heterocycles. The zero-order chi connectivity index (χ0) is 13.7. The summed E-state index contributed by atoms with van der Waals surface area (Å²) >= 11 is 0. The van der Waals surface area contributed by atoms with Gasteiger partial charge in [0.2, 0.25) is 5.91 Å². The largest absolute Gasteiger partial charge is 0.345 e. The van der Waals surface area contributed by atoms with Crippen molar-refractivity contribution in [2.75, 3.05) is 20.1 Å². The first kappa shape index (κ1) is 14.1. The Morgan fingerprint density at radius 2 is 2.00 bits per heavy atom. The van der Waals surface area contributed by atoms with Crippen LogP contribution in [0.15, 0.2) is 18.2 Å². The molecule has 0 aliphatic heterocycles. The molecule has 4 nitrogen and oxygen atoms in total. The summed E-state index contributed by atoms with van der Waals surface area (Å²) in [6, 6.07) is 2.64. The Morgan fingerprint density at radius 1 is 1.33 bits per heavy atom. The van der Waals surface area contributed by atoms with E-state index in [-0.39, 0.29) is 18.0 Å². The predicted octanol–water partition coefficient (Wildman–Crippen LogP) is 1.17. The molecule has 0 heterocycles. The van der Waals surface area contributed by atoms with Gasteiger partial charge < -0.3 is 10.2 Å². The van der Waals surface area contributed by atoms with Gasteiger partial charge in [0.1, 0.15) is 11.6 Å². The van der Waals surface area contributed by atoms with Crippen molar-refractivity contribution in [2.45, 2.75) is 6.92 Å². The highest BCUT2D eigenvalue weighted by Crippen LogP contribution is 2.09. The Morgan fingerprint density at radius 3 is 2.56 bits per heavy atom. The minimum Gasteiger partial charge on any atom is -0.345 e. The van der Waals surface area contributed by atoms with Crippen LogP contribution in [0.3, 0.4) is 0 Å². The van der Waals surface area contributed by atoms with Gasteiger partial charge in [-0.3, -0.25) is 9.59 Å². The van der Waals surface area contributed by atoms with Gasteiger partial charge in [-0.15, -0.1) is 0 Å². The van der Waals surface area contributed by atoms with Crippen molar-refractivity contribution >= 4 is 11.8 Å². The van der Waals surface area contributed by atoms with Gasteiger partial charge >= 0.3 is 0 Å². The molecule has 98 valence electrons. The Labute approximate surface area is 104 Å². The highest BCUT2D eigenvalue weighted by atomic mass is 19.1. The summed E-state index contributed by atoms with van der Waals surface area (Å²) in [5, 5.41) is 2.28. The van der Waals surface area contributed by atoms with Gasteiger partial charge in [0, 0.05) is 19.7 Å². The molecular formula is C12H14F2N2O2. The van der Waals surface area contributed by atoms with Crippen LogP contribution in [0.4, 0.5) is 8.78 Å². The molecule has 1 aromatic carbocycles. The number of amides is 2. The molecule has 0 aliphatic rings. The van der Waals surface area contributed by atoms with Crippen molar-refractivity contribution in [1.82, 2.24) is 10.2 Å². The fourth-order valence-electron chi connectivity index (χ4n) is 1.24. The number of likely N-dealkylation sites (N-methyl/N-ethyl adjacent to an activating group) is 1. The number of carbonyl (C=O) groups excluding carboxylic acids is 2. The molecule has 0 spiro atoms. The molecule has 2 amide bonds.